The minimum absolute atomic E-state index is 0.0492. The lowest BCUT2D eigenvalue weighted by atomic mass is 10.3. The first-order chi connectivity index (χ1) is 8.73. The lowest BCUT2D eigenvalue weighted by Gasteiger charge is -2.18. The van der Waals surface area contributed by atoms with E-state index in [1.165, 1.54) is 15.9 Å². The molecule has 1 aromatic rings. The summed E-state index contributed by atoms with van der Waals surface area (Å²) in [6.07, 6.45) is -0.768. The van der Waals surface area contributed by atoms with Gasteiger partial charge in [0.25, 0.3) is 0 Å². The minimum atomic E-state index is -0.768. The van der Waals surface area contributed by atoms with E-state index >= 15 is 0 Å². The molecule has 0 unspecified atom stereocenters. The van der Waals surface area contributed by atoms with Gasteiger partial charge in [-0.15, -0.1) is 11.3 Å². The highest BCUT2D eigenvalue weighted by molar-refractivity contribution is 7.16. The highest BCUT2D eigenvalue weighted by Gasteiger charge is 2.25. The van der Waals surface area contributed by atoms with Crippen molar-refractivity contribution in [3.8, 4) is 0 Å². The molecule has 0 aliphatic heterocycles. The maximum absolute atomic E-state index is 11.6. The number of thiophene rings is 1. The number of rotatable bonds is 5. The average Bonchev–Trinajstić information content (AvgIpc) is 2.73. The van der Waals surface area contributed by atoms with Gasteiger partial charge in [0.15, 0.2) is 5.00 Å². The standard InChI is InChI=1S/C11H17N3O4S/c1-7(15)9-5-8(14(17)18)11(19-9)13(4)6-10(16)12(2)3/h5,7,15H,6H2,1-4H3/t7-/m1/s1. The van der Waals surface area contributed by atoms with E-state index in [-0.39, 0.29) is 18.1 Å². The Bertz CT molecular complexity index is 484. The molecule has 0 aromatic carbocycles. The van der Waals surface area contributed by atoms with Crippen LogP contribution >= 0.6 is 11.3 Å². The van der Waals surface area contributed by atoms with Crippen LogP contribution in [0.4, 0.5) is 10.7 Å². The molecule has 1 aromatic heterocycles. The summed E-state index contributed by atoms with van der Waals surface area (Å²) in [5.41, 5.74) is -0.0880. The van der Waals surface area contributed by atoms with E-state index in [0.717, 1.165) is 11.3 Å². The van der Waals surface area contributed by atoms with Gasteiger partial charge in [-0.25, -0.2) is 0 Å². The van der Waals surface area contributed by atoms with Crippen LogP contribution in [0.3, 0.4) is 0 Å². The van der Waals surface area contributed by atoms with Crippen molar-refractivity contribution >= 4 is 27.9 Å². The summed E-state index contributed by atoms with van der Waals surface area (Å²) in [7, 11) is 4.87. The maximum atomic E-state index is 11.6. The van der Waals surface area contributed by atoms with Crippen LogP contribution in [-0.4, -0.2) is 48.5 Å². The van der Waals surface area contributed by atoms with Gasteiger partial charge in [-0.2, -0.15) is 0 Å². The maximum Gasteiger partial charge on any atom is 0.304 e. The zero-order chi connectivity index (χ0) is 14.7. The fraction of sp³-hybridized carbons (Fsp3) is 0.545. The van der Waals surface area contributed by atoms with Gasteiger partial charge in [-0.1, -0.05) is 0 Å². The topological polar surface area (TPSA) is 86.9 Å². The first-order valence-electron chi connectivity index (χ1n) is 5.61. The number of carbonyl (C=O) groups is 1. The number of likely N-dealkylation sites (N-methyl/N-ethyl adjacent to an activating group) is 2. The molecular weight excluding hydrogens is 270 g/mol. The Morgan fingerprint density at radius 1 is 1.53 bits per heavy atom. The number of aliphatic hydroxyl groups excluding tert-OH is 1. The van der Waals surface area contributed by atoms with E-state index in [4.69, 9.17) is 0 Å². The van der Waals surface area contributed by atoms with E-state index in [1.807, 2.05) is 0 Å². The van der Waals surface area contributed by atoms with Gasteiger partial charge in [0.2, 0.25) is 5.91 Å². The van der Waals surface area contributed by atoms with Crippen molar-refractivity contribution in [1.82, 2.24) is 4.90 Å². The van der Waals surface area contributed by atoms with Crippen LogP contribution in [-0.2, 0) is 4.79 Å². The molecule has 0 saturated carbocycles. The molecule has 0 aliphatic rings. The Morgan fingerprint density at radius 3 is 2.53 bits per heavy atom. The largest absolute Gasteiger partial charge is 0.388 e. The third kappa shape index (κ3) is 3.65. The number of nitro groups is 1. The fourth-order valence-electron chi connectivity index (χ4n) is 1.42. The highest BCUT2D eigenvalue weighted by Crippen LogP contribution is 2.39. The molecule has 1 rings (SSSR count). The van der Waals surface area contributed by atoms with Crippen molar-refractivity contribution in [1.29, 1.82) is 0 Å². The molecule has 0 bridgehead atoms. The van der Waals surface area contributed by atoms with Crippen LogP contribution in [0.15, 0.2) is 6.07 Å². The molecular formula is C11H17N3O4S. The van der Waals surface area contributed by atoms with Gasteiger partial charge in [0.05, 0.1) is 17.6 Å². The molecule has 1 amide bonds. The summed E-state index contributed by atoms with van der Waals surface area (Å²) in [4.78, 5) is 25.6. The third-order valence-electron chi connectivity index (χ3n) is 2.54. The lowest BCUT2D eigenvalue weighted by molar-refractivity contribution is -0.383. The molecule has 0 spiro atoms. The smallest absolute Gasteiger partial charge is 0.304 e. The highest BCUT2D eigenvalue weighted by atomic mass is 32.1. The Kier molecular flexibility index (Phi) is 4.84. The van der Waals surface area contributed by atoms with E-state index in [2.05, 4.69) is 0 Å². The molecule has 19 heavy (non-hydrogen) atoms. The second-order valence-corrected chi connectivity index (χ2v) is 5.48. The second kappa shape index (κ2) is 5.98. The van der Waals surface area contributed by atoms with Gasteiger partial charge < -0.3 is 14.9 Å². The van der Waals surface area contributed by atoms with Gasteiger partial charge in [0, 0.05) is 32.1 Å². The lowest BCUT2D eigenvalue weighted by Crippen LogP contribution is -2.34. The zero-order valence-electron chi connectivity index (χ0n) is 11.3. The first kappa shape index (κ1) is 15.4. The summed E-state index contributed by atoms with van der Waals surface area (Å²) < 4.78 is 0. The summed E-state index contributed by atoms with van der Waals surface area (Å²) in [5.74, 6) is -0.149. The SMILES string of the molecule is C[C@@H](O)c1cc([N+](=O)[O-])c(N(C)CC(=O)N(C)C)s1. The van der Waals surface area contributed by atoms with Crippen LogP contribution < -0.4 is 4.90 Å². The van der Waals surface area contributed by atoms with Gasteiger partial charge in [-0.3, -0.25) is 14.9 Å². The number of carbonyl (C=O) groups excluding carboxylic acids is 1. The van der Waals surface area contributed by atoms with E-state index in [0.29, 0.717) is 9.88 Å². The molecule has 8 heteroatoms. The predicted molar refractivity (Wildman–Crippen MR) is 73.6 cm³/mol. The molecule has 0 radical (unpaired) electrons. The van der Waals surface area contributed by atoms with E-state index < -0.39 is 11.0 Å². The molecule has 0 fully saturated rings. The fourth-order valence-corrected chi connectivity index (χ4v) is 2.44. The number of hydrogen-bond acceptors (Lipinski definition) is 6. The van der Waals surface area contributed by atoms with Crippen molar-refractivity contribution in [3.05, 3.63) is 21.1 Å². The number of nitrogens with zero attached hydrogens (tertiary/aromatic N) is 3. The molecule has 1 heterocycles. The van der Waals surface area contributed by atoms with Crippen LogP contribution in [0.2, 0.25) is 0 Å². The van der Waals surface area contributed by atoms with E-state index in [9.17, 15) is 20.0 Å². The Balaban J connectivity index is 3.04. The molecule has 0 saturated heterocycles. The molecule has 106 valence electrons. The Morgan fingerprint density at radius 2 is 2.11 bits per heavy atom. The van der Waals surface area contributed by atoms with E-state index in [1.54, 1.807) is 28.1 Å². The predicted octanol–water partition coefficient (Wildman–Crippen LogP) is 1.23. The number of hydrogen-bond donors (Lipinski definition) is 1. The number of aliphatic hydroxyl groups is 1. The summed E-state index contributed by atoms with van der Waals surface area (Å²) in [6.45, 7) is 1.60. The minimum Gasteiger partial charge on any atom is -0.388 e. The molecule has 1 atom stereocenters. The van der Waals surface area contributed by atoms with Crippen LogP contribution in [0.1, 0.15) is 17.9 Å². The normalized spacial score (nSPS) is 12.1. The molecule has 0 aliphatic carbocycles. The first-order valence-corrected chi connectivity index (χ1v) is 6.43. The summed E-state index contributed by atoms with van der Waals surface area (Å²) >= 11 is 1.12. The average molecular weight is 287 g/mol. The second-order valence-electron chi connectivity index (χ2n) is 4.42. The van der Waals surface area contributed by atoms with Crippen molar-refractivity contribution in [2.24, 2.45) is 0 Å². The van der Waals surface area contributed by atoms with Gasteiger partial charge >= 0.3 is 5.69 Å². The summed E-state index contributed by atoms with van der Waals surface area (Å²) in [6, 6.07) is 1.35. The number of anilines is 1. The van der Waals surface area contributed by atoms with Crippen molar-refractivity contribution in [2.45, 2.75) is 13.0 Å². The van der Waals surface area contributed by atoms with Gasteiger partial charge in [0.1, 0.15) is 0 Å². The van der Waals surface area contributed by atoms with Crippen molar-refractivity contribution in [3.63, 3.8) is 0 Å². The van der Waals surface area contributed by atoms with Gasteiger partial charge in [-0.05, 0) is 6.92 Å². The quantitative estimate of drug-likeness (QED) is 0.650. The Labute approximate surface area is 115 Å². The van der Waals surface area contributed by atoms with Crippen molar-refractivity contribution in [2.75, 3.05) is 32.6 Å². The zero-order valence-corrected chi connectivity index (χ0v) is 12.1. The van der Waals surface area contributed by atoms with Crippen LogP contribution in [0.25, 0.3) is 0 Å². The molecule has 7 nitrogen and oxygen atoms in total. The summed E-state index contributed by atoms with van der Waals surface area (Å²) in [5, 5.41) is 20.9. The third-order valence-corrected chi connectivity index (χ3v) is 3.95. The molecule has 1 N–H and O–H groups in total. The van der Waals surface area contributed by atoms with Crippen molar-refractivity contribution < 1.29 is 14.8 Å². The van der Waals surface area contributed by atoms with Crippen LogP contribution in [0.5, 0.6) is 0 Å². The Hall–Kier alpha value is -1.67. The number of amides is 1. The monoisotopic (exact) mass is 287 g/mol. The van der Waals surface area contributed by atoms with Crippen LogP contribution in [0, 0.1) is 10.1 Å².